The van der Waals surface area contributed by atoms with E-state index in [1.165, 1.54) is 0 Å². The summed E-state index contributed by atoms with van der Waals surface area (Å²) in [7, 11) is 4.91. The van der Waals surface area contributed by atoms with Crippen molar-refractivity contribution in [2.75, 3.05) is 27.9 Å². The number of halogens is 1. The van der Waals surface area contributed by atoms with Gasteiger partial charge in [-0.1, -0.05) is 12.1 Å². The molecule has 2 aromatic carbocycles. The van der Waals surface area contributed by atoms with Crippen LogP contribution in [-0.2, 0) is 13.1 Å². The summed E-state index contributed by atoms with van der Waals surface area (Å²) in [5.41, 5.74) is 2.13. The highest BCUT2D eigenvalue weighted by atomic mass is 79.9. The summed E-state index contributed by atoms with van der Waals surface area (Å²) < 4.78 is 16.8. The monoisotopic (exact) mass is 435 g/mol. The molecule has 0 atom stereocenters. The summed E-state index contributed by atoms with van der Waals surface area (Å²) in [4.78, 5) is 4.66. The lowest BCUT2D eigenvalue weighted by molar-refractivity contribution is 0.352. The molecule has 0 aromatic heterocycles. The van der Waals surface area contributed by atoms with Crippen LogP contribution in [-0.4, -0.2) is 33.8 Å². The lowest BCUT2D eigenvalue weighted by Gasteiger charge is -2.13. The molecule has 2 rings (SSSR count). The van der Waals surface area contributed by atoms with Gasteiger partial charge in [-0.3, -0.25) is 0 Å². The minimum Gasteiger partial charge on any atom is -0.497 e. The fraction of sp³-hybridized carbons (Fsp3) is 0.350. The number of rotatable bonds is 8. The summed E-state index contributed by atoms with van der Waals surface area (Å²) in [6.45, 7) is 3.97. The van der Waals surface area contributed by atoms with Gasteiger partial charge in [0.15, 0.2) is 17.5 Å². The molecule has 0 amide bonds. The lowest BCUT2D eigenvalue weighted by atomic mass is 10.2. The fourth-order valence-electron chi connectivity index (χ4n) is 2.54. The lowest BCUT2D eigenvalue weighted by Crippen LogP contribution is -2.36. The molecule has 6 nitrogen and oxygen atoms in total. The standard InChI is InChI=1S/C20H26BrN3O3/c1-5-22-20(23-12-14-7-6-8-16(9-14)25-2)24-13-15-10-17(21)19(27-4)18(11-15)26-3/h6-11H,5,12-13H2,1-4H3,(H2,22,23,24). The minimum atomic E-state index is 0.506. The first kappa shape index (κ1) is 20.9. The molecule has 0 aliphatic rings. The Hall–Kier alpha value is -2.41. The molecule has 7 heteroatoms. The smallest absolute Gasteiger partial charge is 0.191 e. The Labute approximate surface area is 169 Å². The predicted molar refractivity (Wildman–Crippen MR) is 112 cm³/mol. The van der Waals surface area contributed by atoms with Gasteiger partial charge in [0.1, 0.15) is 5.75 Å². The van der Waals surface area contributed by atoms with E-state index in [2.05, 4.69) is 31.6 Å². The van der Waals surface area contributed by atoms with Gasteiger partial charge in [0.2, 0.25) is 0 Å². The van der Waals surface area contributed by atoms with Gasteiger partial charge in [0.05, 0.1) is 32.3 Å². The fourth-order valence-corrected chi connectivity index (χ4v) is 3.19. The Kier molecular flexibility index (Phi) is 8.26. The van der Waals surface area contributed by atoms with Crippen LogP contribution in [0.5, 0.6) is 17.2 Å². The Morgan fingerprint density at radius 3 is 2.48 bits per heavy atom. The third-order valence-electron chi connectivity index (χ3n) is 3.85. The van der Waals surface area contributed by atoms with Crippen molar-refractivity contribution in [3.8, 4) is 17.2 Å². The largest absolute Gasteiger partial charge is 0.497 e. The van der Waals surface area contributed by atoms with Crippen LogP contribution in [0.4, 0.5) is 0 Å². The van der Waals surface area contributed by atoms with Crippen molar-refractivity contribution in [3.05, 3.63) is 52.0 Å². The van der Waals surface area contributed by atoms with E-state index in [1.54, 1.807) is 21.3 Å². The zero-order valence-electron chi connectivity index (χ0n) is 16.1. The summed E-state index contributed by atoms with van der Waals surface area (Å²) >= 11 is 3.52. The van der Waals surface area contributed by atoms with Crippen molar-refractivity contribution in [2.24, 2.45) is 4.99 Å². The molecular formula is C20H26BrN3O3. The number of nitrogens with zero attached hydrogens (tertiary/aromatic N) is 1. The number of methoxy groups -OCH3 is 3. The van der Waals surface area contributed by atoms with E-state index in [1.807, 2.05) is 43.3 Å². The Morgan fingerprint density at radius 2 is 1.81 bits per heavy atom. The van der Waals surface area contributed by atoms with Crippen LogP contribution < -0.4 is 24.8 Å². The van der Waals surface area contributed by atoms with Crippen LogP contribution in [0.2, 0.25) is 0 Å². The second kappa shape index (κ2) is 10.7. The first-order chi connectivity index (χ1) is 13.1. The van der Waals surface area contributed by atoms with Gasteiger partial charge in [-0.2, -0.15) is 0 Å². The molecular weight excluding hydrogens is 410 g/mol. The van der Waals surface area contributed by atoms with E-state index < -0.39 is 0 Å². The summed E-state index contributed by atoms with van der Waals surface area (Å²) in [6, 6.07) is 11.9. The Morgan fingerprint density at radius 1 is 1.00 bits per heavy atom. The number of ether oxygens (including phenoxy) is 3. The maximum atomic E-state index is 5.39. The Balaban J connectivity index is 2.09. The number of hydrogen-bond acceptors (Lipinski definition) is 4. The maximum Gasteiger partial charge on any atom is 0.191 e. The second-order valence-electron chi connectivity index (χ2n) is 5.71. The van der Waals surface area contributed by atoms with Crippen LogP contribution in [0.3, 0.4) is 0 Å². The summed E-state index contributed by atoms with van der Waals surface area (Å²) in [5.74, 6) is 2.93. The normalized spacial score (nSPS) is 11.1. The number of benzene rings is 2. The molecule has 2 N–H and O–H groups in total. The van der Waals surface area contributed by atoms with Crippen LogP contribution in [0.1, 0.15) is 18.1 Å². The third-order valence-corrected chi connectivity index (χ3v) is 4.44. The molecule has 0 bridgehead atoms. The van der Waals surface area contributed by atoms with E-state index in [0.29, 0.717) is 24.6 Å². The molecule has 0 aliphatic carbocycles. The maximum absolute atomic E-state index is 5.39. The van der Waals surface area contributed by atoms with Crippen LogP contribution in [0, 0.1) is 0 Å². The van der Waals surface area contributed by atoms with Gasteiger partial charge in [-0.15, -0.1) is 0 Å². The minimum absolute atomic E-state index is 0.506. The van der Waals surface area contributed by atoms with Gasteiger partial charge < -0.3 is 24.8 Å². The molecule has 27 heavy (non-hydrogen) atoms. The van der Waals surface area contributed by atoms with Crippen molar-refractivity contribution in [2.45, 2.75) is 20.0 Å². The van der Waals surface area contributed by atoms with Gasteiger partial charge in [0, 0.05) is 13.1 Å². The number of guanidine groups is 1. The number of aliphatic imine (C=N–C) groups is 1. The van der Waals surface area contributed by atoms with E-state index >= 15 is 0 Å². The molecule has 146 valence electrons. The van der Waals surface area contributed by atoms with Crippen molar-refractivity contribution >= 4 is 21.9 Å². The Bertz CT molecular complexity index is 781. The number of hydrogen-bond donors (Lipinski definition) is 2. The van der Waals surface area contributed by atoms with Crippen molar-refractivity contribution in [3.63, 3.8) is 0 Å². The zero-order chi connectivity index (χ0) is 19.6. The first-order valence-corrected chi connectivity index (χ1v) is 9.46. The molecule has 0 unspecified atom stereocenters. The average molecular weight is 436 g/mol. The van der Waals surface area contributed by atoms with Crippen LogP contribution in [0.15, 0.2) is 45.9 Å². The van der Waals surface area contributed by atoms with Gasteiger partial charge >= 0.3 is 0 Å². The highest BCUT2D eigenvalue weighted by molar-refractivity contribution is 9.10. The van der Waals surface area contributed by atoms with E-state index in [9.17, 15) is 0 Å². The van der Waals surface area contributed by atoms with Gasteiger partial charge in [-0.25, -0.2) is 4.99 Å². The zero-order valence-corrected chi connectivity index (χ0v) is 17.7. The van der Waals surface area contributed by atoms with E-state index in [0.717, 1.165) is 33.9 Å². The van der Waals surface area contributed by atoms with Gasteiger partial charge in [-0.05, 0) is 58.2 Å². The average Bonchev–Trinajstić information content (AvgIpc) is 2.69. The highest BCUT2D eigenvalue weighted by Crippen LogP contribution is 2.36. The predicted octanol–water partition coefficient (Wildman–Crippen LogP) is 3.73. The second-order valence-corrected chi connectivity index (χ2v) is 6.57. The van der Waals surface area contributed by atoms with Crippen molar-refractivity contribution in [1.82, 2.24) is 10.6 Å². The molecule has 0 saturated heterocycles. The molecule has 0 fully saturated rings. The molecule has 0 saturated carbocycles. The molecule has 0 aliphatic heterocycles. The summed E-state index contributed by atoms with van der Waals surface area (Å²) in [6.07, 6.45) is 0. The van der Waals surface area contributed by atoms with Crippen molar-refractivity contribution in [1.29, 1.82) is 0 Å². The van der Waals surface area contributed by atoms with Gasteiger partial charge in [0.25, 0.3) is 0 Å². The SMILES string of the molecule is CCNC(=NCc1cc(Br)c(OC)c(OC)c1)NCc1cccc(OC)c1. The highest BCUT2D eigenvalue weighted by Gasteiger charge is 2.10. The summed E-state index contributed by atoms with van der Waals surface area (Å²) in [5, 5.41) is 6.60. The van der Waals surface area contributed by atoms with Crippen molar-refractivity contribution < 1.29 is 14.2 Å². The molecule has 0 spiro atoms. The molecule has 2 aromatic rings. The van der Waals surface area contributed by atoms with Crippen LogP contribution in [0.25, 0.3) is 0 Å². The quantitative estimate of drug-likeness (QED) is 0.488. The molecule has 0 heterocycles. The van der Waals surface area contributed by atoms with E-state index in [-0.39, 0.29) is 0 Å². The van der Waals surface area contributed by atoms with Crippen LogP contribution >= 0.6 is 15.9 Å². The topological polar surface area (TPSA) is 64.1 Å². The first-order valence-electron chi connectivity index (χ1n) is 8.66. The third kappa shape index (κ3) is 6.06. The molecule has 0 radical (unpaired) electrons. The number of nitrogens with one attached hydrogen (secondary N) is 2. The van der Waals surface area contributed by atoms with E-state index in [4.69, 9.17) is 14.2 Å².